The minimum absolute atomic E-state index is 0.167. The Balaban J connectivity index is 1.65. The lowest BCUT2D eigenvalue weighted by Crippen LogP contribution is -2.30. The van der Waals surface area contributed by atoms with Crippen LogP contribution >= 0.6 is 0 Å². The highest BCUT2D eigenvalue weighted by atomic mass is 19.1. The first kappa shape index (κ1) is 17.5. The number of carbonyl (C=O) groups is 1. The molecule has 1 aliphatic rings. The van der Waals surface area contributed by atoms with E-state index in [2.05, 4.69) is 20.3 Å². The molecule has 4 atom stereocenters. The molecular formula is C17H16FN5O4. The molecule has 3 aromatic rings. The number of aliphatic hydroxyl groups excluding tert-OH is 2. The molecule has 2 aromatic heterocycles. The monoisotopic (exact) mass is 373 g/mol. The molecule has 9 nitrogen and oxygen atoms in total. The van der Waals surface area contributed by atoms with E-state index in [4.69, 9.17) is 4.74 Å². The zero-order valence-corrected chi connectivity index (χ0v) is 13.9. The van der Waals surface area contributed by atoms with Gasteiger partial charge in [-0.1, -0.05) is 18.2 Å². The number of fused-ring (bicyclic) bond motifs is 1. The molecule has 0 radical (unpaired) electrons. The van der Waals surface area contributed by atoms with Crippen molar-refractivity contribution in [2.75, 3.05) is 11.9 Å². The Morgan fingerprint density at radius 2 is 2.04 bits per heavy atom. The molecule has 4 rings (SSSR count). The molecule has 0 aliphatic carbocycles. The Morgan fingerprint density at radius 1 is 1.26 bits per heavy atom. The maximum atomic E-state index is 14.4. The normalized spacial score (nSPS) is 25.0. The van der Waals surface area contributed by atoms with Crippen molar-refractivity contribution in [3.05, 3.63) is 48.5 Å². The first-order valence-electron chi connectivity index (χ1n) is 8.22. The van der Waals surface area contributed by atoms with E-state index in [9.17, 15) is 19.4 Å². The van der Waals surface area contributed by atoms with Crippen molar-refractivity contribution < 1.29 is 24.1 Å². The summed E-state index contributed by atoms with van der Waals surface area (Å²) in [6.45, 7) is -0.516. The molecule has 10 heteroatoms. The molecule has 1 saturated heterocycles. The number of amides is 1. The molecule has 27 heavy (non-hydrogen) atoms. The summed E-state index contributed by atoms with van der Waals surface area (Å²) >= 11 is 0. The Labute approximate surface area is 152 Å². The summed E-state index contributed by atoms with van der Waals surface area (Å²) in [6.07, 6.45) is -2.96. The summed E-state index contributed by atoms with van der Waals surface area (Å²) in [4.78, 5) is 24.6. The predicted octanol–water partition coefficient (Wildman–Crippen LogP) is 0.667. The Bertz CT molecular complexity index is 966. The molecule has 0 unspecified atom stereocenters. The number of carbonyl (C=O) groups excluding carboxylic acids is 1. The summed E-state index contributed by atoms with van der Waals surface area (Å²) < 4.78 is 21.1. The van der Waals surface area contributed by atoms with Crippen molar-refractivity contribution in [2.24, 2.45) is 0 Å². The summed E-state index contributed by atoms with van der Waals surface area (Å²) in [7, 11) is 0. The largest absolute Gasteiger partial charge is 0.394 e. The minimum Gasteiger partial charge on any atom is -0.394 e. The zero-order chi connectivity index (χ0) is 19.0. The number of hydrogen-bond donors (Lipinski definition) is 3. The van der Waals surface area contributed by atoms with Crippen LogP contribution in [0.15, 0.2) is 43.0 Å². The molecular weight excluding hydrogens is 357 g/mol. The van der Waals surface area contributed by atoms with Crippen LogP contribution < -0.4 is 5.32 Å². The molecule has 1 amide bonds. The number of halogens is 1. The van der Waals surface area contributed by atoms with Gasteiger partial charge in [-0.25, -0.2) is 19.3 Å². The number of nitrogens with zero attached hydrogens (tertiary/aromatic N) is 4. The highest BCUT2D eigenvalue weighted by Gasteiger charge is 2.45. The van der Waals surface area contributed by atoms with Crippen LogP contribution in [0.2, 0.25) is 0 Å². The highest BCUT2D eigenvalue weighted by molar-refractivity contribution is 6.06. The van der Waals surface area contributed by atoms with Crippen molar-refractivity contribution >= 4 is 22.9 Å². The molecule has 0 bridgehead atoms. The van der Waals surface area contributed by atoms with Gasteiger partial charge in [0, 0.05) is 5.56 Å². The fourth-order valence-electron chi connectivity index (χ4n) is 2.98. The van der Waals surface area contributed by atoms with Gasteiger partial charge in [-0.2, -0.15) is 0 Å². The lowest BCUT2D eigenvalue weighted by molar-refractivity contribution is -0.0459. The quantitative estimate of drug-likeness (QED) is 0.614. The lowest BCUT2D eigenvalue weighted by atomic mass is 10.1. The van der Waals surface area contributed by atoms with Gasteiger partial charge in [0.15, 0.2) is 29.4 Å². The average molecular weight is 373 g/mol. The third-order valence-electron chi connectivity index (χ3n) is 4.37. The lowest BCUT2D eigenvalue weighted by Gasteiger charge is -2.15. The minimum atomic E-state index is -1.77. The van der Waals surface area contributed by atoms with Crippen molar-refractivity contribution in [3.8, 4) is 0 Å². The molecule has 140 valence electrons. The van der Waals surface area contributed by atoms with Crippen molar-refractivity contribution in [1.82, 2.24) is 19.5 Å². The van der Waals surface area contributed by atoms with Gasteiger partial charge in [-0.05, 0) is 12.1 Å². The molecule has 0 saturated carbocycles. The van der Waals surface area contributed by atoms with Gasteiger partial charge >= 0.3 is 0 Å². The van der Waals surface area contributed by atoms with Crippen molar-refractivity contribution in [1.29, 1.82) is 0 Å². The second-order valence-electron chi connectivity index (χ2n) is 6.05. The number of nitrogens with one attached hydrogen (secondary N) is 1. The topological polar surface area (TPSA) is 122 Å². The van der Waals surface area contributed by atoms with Crippen molar-refractivity contribution in [2.45, 2.75) is 24.6 Å². The predicted molar refractivity (Wildman–Crippen MR) is 91.6 cm³/mol. The smallest absolute Gasteiger partial charge is 0.256 e. The Morgan fingerprint density at radius 3 is 2.74 bits per heavy atom. The van der Waals surface area contributed by atoms with Gasteiger partial charge in [0.05, 0.1) is 12.9 Å². The second kappa shape index (κ2) is 6.99. The van der Waals surface area contributed by atoms with Gasteiger partial charge < -0.3 is 20.3 Å². The average Bonchev–Trinajstić information content (AvgIpc) is 3.25. The van der Waals surface area contributed by atoms with E-state index < -0.39 is 31.2 Å². The number of anilines is 1. The van der Waals surface area contributed by atoms with Gasteiger partial charge in [0.25, 0.3) is 5.91 Å². The number of ether oxygens (including phenoxy) is 1. The maximum absolute atomic E-state index is 14.4. The molecule has 1 aromatic carbocycles. The second-order valence-corrected chi connectivity index (χ2v) is 6.05. The van der Waals surface area contributed by atoms with E-state index >= 15 is 0 Å². The number of hydrogen-bond acceptors (Lipinski definition) is 7. The molecule has 0 spiro atoms. The van der Waals surface area contributed by atoms with Gasteiger partial charge in [0.1, 0.15) is 18.5 Å². The Kier molecular flexibility index (Phi) is 4.52. The van der Waals surface area contributed by atoms with Crippen LogP contribution in [-0.2, 0) is 4.74 Å². The number of benzene rings is 1. The molecule has 3 N–H and O–H groups in total. The molecule has 1 aliphatic heterocycles. The zero-order valence-electron chi connectivity index (χ0n) is 13.9. The number of aliphatic hydroxyl groups is 2. The van der Waals surface area contributed by atoms with Crippen molar-refractivity contribution in [3.63, 3.8) is 0 Å². The third kappa shape index (κ3) is 3.03. The highest BCUT2D eigenvalue weighted by Crippen LogP contribution is 2.34. The maximum Gasteiger partial charge on any atom is 0.256 e. The standard InChI is InChI=1S/C17H16FN5O4/c18-11-13(25)10(6-24)27-17(11)23-8-21-12-14(19-7-20-15(12)23)22-16(26)9-4-2-1-3-5-9/h1-5,7-8,10-11,13,17,24-25H,6H2,(H,19,20,22,26)/t10-,11-,13-,17-/m0/s1. The van der Waals surface area contributed by atoms with Crippen LogP contribution in [0.5, 0.6) is 0 Å². The fraction of sp³-hybridized carbons (Fsp3) is 0.294. The SMILES string of the molecule is O=C(Nc1ncnc2c1ncn2[C@H]1O[C@@H](CO)[C@H](O)[C@@H]1F)c1ccccc1. The number of alkyl halides is 1. The fourth-order valence-corrected chi connectivity index (χ4v) is 2.98. The van der Waals surface area contributed by atoms with Crippen LogP contribution in [0.4, 0.5) is 10.2 Å². The first-order chi connectivity index (χ1) is 13.1. The van der Waals surface area contributed by atoms with E-state index in [1.54, 1.807) is 30.3 Å². The van der Waals surface area contributed by atoms with Gasteiger partial charge in [-0.15, -0.1) is 0 Å². The summed E-state index contributed by atoms with van der Waals surface area (Å²) in [5.74, 6) is -0.207. The summed E-state index contributed by atoms with van der Waals surface area (Å²) in [6, 6.07) is 8.58. The Hall–Kier alpha value is -2.95. The third-order valence-corrected chi connectivity index (χ3v) is 4.37. The number of rotatable bonds is 4. The van der Waals surface area contributed by atoms with E-state index in [1.807, 2.05) is 0 Å². The van der Waals surface area contributed by atoms with Crippen LogP contribution in [0.1, 0.15) is 16.6 Å². The summed E-state index contributed by atoms with van der Waals surface area (Å²) in [5.41, 5.74) is 0.923. The number of imidazole rings is 1. The van der Waals surface area contributed by atoms with Crippen LogP contribution in [0.25, 0.3) is 11.2 Å². The van der Waals surface area contributed by atoms with E-state index in [-0.39, 0.29) is 22.9 Å². The molecule has 1 fully saturated rings. The van der Waals surface area contributed by atoms with Crippen LogP contribution in [-0.4, -0.2) is 60.6 Å². The molecule has 3 heterocycles. The van der Waals surface area contributed by atoms with E-state index in [0.717, 1.165) is 0 Å². The van der Waals surface area contributed by atoms with E-state index in [1.165, 1.54) is 17.2 Å². The summed E-state index contributed by atoms with van der Waals surface area (Å²) in [5, 5.41) is 21.7. The first-order valence-corrected chi connectivity index (χ1v) is 8.22. The van der Waals surface area contributed by atoms with Gasteiger partial charge in [0.2, 0.25) is 0 Å². The van der Waals surface area contributed by atoms with Gasteiger partial charge in [-0.3, -0.25) is 9.36 Å². The number of aromatic nitrogens is 4. The van der Waals surface area contributed by atoms with E-state index in [0.29, 0.717) is 5.56 Å². The van der Waals surface area contributed by atoms with Crippen LogP contribution in [0, 0.1) is 0 Å². The van der Waals surface area contributed by atoms with Crippen LogP contribution in [0.3, 0.4) is 0 Å².